The monoisotopic (exact) mass is 642 g/mol. The number of hydrogen-bond acceptors (Lipinski definition) is 8. The van der Waals surface area contributed by atoms with Crippen LogP contribution >= 0.6 is 0 Å². The zero-order valence-corrected chi connectivity index (χ0v) is 28.1. The summed E-state index contributed by atoms with van der Waals surface area (Å²) in [5.74, 6) is -4.37. The van der Waals surface area contributed by atoms with E-state index in [-0.39, 0.29) is 18.2 Å². The molecule has 0 saturated carbocycles. The zero-order chi connectivity index (χ0) is 33.2. The Bertz CT molecular complexity index is 958. The van der Waals surface area contributed by atoms with E-state index in [2.05, 4.69) is 27.0 Å². The maximum Gasteiger partial charge on any atom is 0.327 e. The fourth-order valence-corrected chi connectivity index (χ4v) is 5.65. The molecule has 0 aromatic rings. The predicted octanol–water partition coefficient (Wildman–Crippen LogP) is 7.52. The zero-order valence-electron chi connectivity index (χ0n) is 27.3. The molecule has 1 N–H and O–H groups in total. The van der Waals surface area contributed by atoms with Crippen LogP contribution in [0.5, 0.6) is 0 Å². The predicted molar refractivity (Wildman–Crippen MR) is 174 cm³/mol. The van der Waals surface area contributed by atoms with Gasteiger partial charge < -0.3 is 9.47 Å². The second-order valence-electron chi connectivity index (χ2n) is 11.7. The first-order valence-electron chi connectivity index (χ1n) is 16.6. The third kappa shape index (κ3) is 20.6. The largest absolute Gasteiger partial charge is 0.465 e. The van der Waals surface area contributed by atoms with Crippen molar-refractivity contribution in [3.8, 4) is 0 Å². The number of carbonyl (C=O) groups is 4. The van der Waals surface area contributed by atoms with E-state index in [0.29, 0.717) is 12.8 Å². The van der Waals surface area contributed by atoms with Crippen LogP contribution in [0.2, 0.25) is 0 Å². The van der Waals surface area contributed by atoms with Crippen molar-refractivity contribution < 1.29 is 41.6 Å². The van der Waals surface area contributed by atoms with Crippen LogP contribution in [0.15, 0.2) is 25.3 Å². The summed E-state index contributed by atoms with van der Waals surface area (Å²) in [7, 11) is -5.02. The Hall–Kier alpha value is -2.33. The Morgan fingerprint density at radius 1 is 0.636 bits per heavy atom. The molecule has 0 aliphatic heterocycles. The molecule has 0 spiro atoms. The van der Waals surface area contributed by atoms with Gasteiger partial charge in [-0.1, -0.05) is 130 Å². The summed E-state index contributed by atoms with van der Waals surface area (Å²) in [5, 5.41) is -2.21. The van der Waals surface area contributed by atoms with Gasteiger partial charge in [0, 0.05) is 0 Å². The first kappa shape index (κ1) is 41.7. The second-order valence-corrected chi connectivity index (χ2v) is 13.3. The van der Waals surface area contributed by atoms with Crippen molar-refractivity contribution in [2.24, 2.45) is 11.8 Å². The fourth-order valence-electron chi connectivity index (χ4n) is 4.99. The molecule has 0 aliphatic rings. The molecule has 0 amide bonds. The van der Waals surface area contributed by atoms with Crippen LogP contribution in [0.4, 0.5) is 0 Å². The van der Waals surface area contributed by atoms with E-state index in [0.717, 1.165) is 63.5 Å². The van der Waals surface area contributed by atoms with Gasteiger partial charge in [0.1, 0.15) is 13.2 Å². The van der Waals surface area contributed by atoms with Crippen LogP contribution < -0.4 is 0 Å². The highest BCUT2D eigenvalue weighted by atomic mass is 32.2. The molecule has 0 radical (unpaired) electrons. The summed E-state index contributed by atoms with van der Waals surface area (Å²) in [6.45, 7) is 10.6. The number of rotatable bonds is 30. The topological polar surface area (TPSA) is 141 Å². The van der Waals surface area contributed by atoms with E-state index in [4.69, 9.17) is 9.47 Å². The van der Waals surface area contributed by atoms with E-state index in [1.54, 1.807) is 0 Å². The standard InChI is InChI=1S/C34H58O9S/c1-5-9-11-13-15-17-19-21-23-28(30(35)7-3)26-42-33(37)25-32(44(39,40)41)34(38)43-27-29(31(36)8-4)24-22-20-18-16-14-12-10-6-2/h7-8,28-29,32H,3-6,9-27H2,1-2H3,(H,39,40,41). The van der Waals surface area contributed by atoms with Gasteiger partial charge in [-0.25, -0.2) is 0 Å². The number of unbranched alkanes of at least 4 members (excludes halogenated alkanes) is 14. The average Bonchev–Trinajstić information content (AvgIpc) is 2.99. The highest BCUT2D eigenvalue weighted by Crippen LogP contribution is 2.18. The molecule has 0 fully saturated rings. The quantitative estimate of drug-likeness (QED) is 0.0364. The van der Waals surface area contributed by atoms with Crippen LogP contribution in [0.25, 0.3) is 0 Å². The van der Waals surface area contributed by atoms with Crippen molar-refractivity contribution in [2.75, 3.05) is 13.2 Å². The number of allylic oxidation sites excluding steroid dienone is 2. The Balaban J connectivity index is 4.88. The smallest absolute Gasteiger partial charge is 0.327 e. The van der Waals surface area contributed by atoms with Gasteiger partial charge in [-0.3, -0.25) is 23.7 Å². The molecule has 254 valence electrons. The molecular weight excluding hydrogens is 584 g/mol. The molecule has 3 unspecified atom stereocenters. The minimum atomic E-state index is -5.02. The molecule has 9 nitrogen and oxygen atoms in total. The number of esters is 2. The summed E-state index contributed by atoms with van der Waals surface area (Å²) in [6, 6.07) is 0. The van der Waals surface area contributed by atoms with Crippen molar-refractivity contribution in [2.45, 2.75) is 141 Å². The number of hydrogen-bond donors (Lipinski definition) is 1. The fraction of sp³-hybridized carbons (Fsp3) is 0.765. The summed E-state index contributed by atoms with van der Waals surface area (Å²) in [6.07, 6.45) is 19.5. The molecule has 10 heteroatoms. The highest BCUT2D eigenvalue weighted by molar-refractivity contribution is 7.87. The summed E-state index contributed by atoms with van der Waals surface area (Å²) >= 11 is 0. The molecule has 0 aromatic carbocycles. The Kier molecular flexibility index (Phi) is 24.6. The van der Waals surface area contributed by atoms with Crippen LogP contribution in [0, 0.1) is 11.8 Å². The van der Waals surface area contributed by atoms with Crippen molar-refractivity contribution in [1.82, 2.24) is 0 Å². The maximum atomic E-state index is 12.6. The molecule has 0 aliphatic carbocycles. The SMILES string of the molecule is C=CC(=O)C(CCCCCCCCCC)COC(=O)CC(C(=O)OCC(CCCCCCCCCC)C(=O)C=C)S(=O)(=O)O. The lowest BCUT2D eigenvalue weighted by atomic mass is 9.96. The molecular formula is C34H58O9S. The van der Waals surface area contributed by atoms with Gasteiger partial charge in [-0.15, -0.1) is 0 Å². The van der Waals surface area contributed by atoms with E-state index in [9.17, 15) is 32.1 Å². The van der Waals surface area contributed by atoms with Gasteiger partial charge in [-0.05, 0) is 25.0 Å². The maximum absolute atomic E-state index is 12.6. The van der Waals surface area contributed by atoms with E-state index >= 15 is 0 Å². The summed E-state index contributed by atoms with van der Waals surface area (Å²) in [4.78, 5) is 49.7. The van der Waals surface area contributed by atoms with E-state index in [1.165, 1.54) is 51.4 Å². The Morgan fingerprint density at radius 3 is 1.36 bits per heavy atom. The normalized spacial score (nSPS) is 13.4. The van der Waals surface area contributed by atoms with Gasteiger partial charge in [0.15, 0.2) is 16.8 Å². The van der Waals surface area contributed by atoms with Gasteiger partial charge in [0.05, 0.1) is 18.3 Å². The van der Waals surface area contributed by atoms with Crippen molar-refractivity contribution in [3.05, 3.63) is 25.3 Å². The van der Waals surface area contributed by atoms with Gasteiger partial charge in [0.2, 0.25) is 0 Å². The average molecular weight is 643 g/mol. The molecule has 0 aromatic heterocycles. The number of carbonyl (C=O) groups excluding carboxylic acids is 4. The van der Waals surface area contributed by atoms with E-state index in [1.807, 2.05) is 0 Å². The van der Waals surface area contributed by atoms with Crippen LogP contribution in [-0.2, 0) is 38.8 Å². The molecule has 44 heavy (non-hydrogen) atoms. The lowest BCUT2D eigenvalue weighted by Gasteiger charge is -2.18. The third-order valence-electron chi connectivity index (χ3n) is 7.87. The van der Waals surface area contributed by atoms with Crippen molar-refractivity contribution >= 4 is 33.6 Å². The minimum absolute atomic E-state index is 0.290. The van der Waals surface area contributed by atoms with Crippen LogP contribution in [-0.4, -0.2) is 54.9 Å². The molecule has 0 rings (SSSR count). The minimum Gasteiger partial charge on any atom is -0.465 e. The van der Waals surface area contributed by atoms with Crippen LogP contribution in [0.1, 0.15) is 136 Å². The third-order valence-corrected chi connectivity index (χ3v) is 8.94. The lowest BCUT2D eigenvalue weighted by Crippen LogP contribution is -2.36. The Morgan fingerprint density at radius 2 is 1.00 bits per heavy atom. The lowest BCUT2D eigenvalue weighted by molar-refractivity contribution is -0.152. The Labute approximate surface area is 266 Å². The first-order valence-corrected chi connectivity index (χ1v) is 18.1. The van der Waals surface area contributed by atoms with E-state index < -0.39 is 52.2 Å². The second kappa shape index (κ2) is 25.9. The van der Waals surface area contributed by atoms with Gasteiger partial charge >= 0.3 is 11.9 Å². The number of ether oxygens (including phenoxy) is 2. The van der Waals surface area contributed by atoms with Gasteiger partial charge in [-0.2, -0.15) is 8.42 Å². The molecule has 0 bridgehead atoms. The molecule has 0 saturated heterocycles. The van der Waals surface area contributed by atoms with Gasteiger partial charge in [0.25, 0.3) is 10.1 Å². The first-order chi connectivity index (χ1) is 21.0. The number of ketones is 2. The van der Waals surface area contributed by atoms with Crippen molar-refractivity contribution in [1.29, 1.82) is 0 Å². The highest BCUT2D eigenvalue weighted by Gasteiger charge is 2.36. The molecule has 0 heterocycles. The van der Waals surface area contributed by atoms with Crippen molar-refractivity contribution in [3.63, 3.8) is 0 Å². The molecule has 3 atom stereocenters. The summed E-state index contributed by atoms with van der Waals surface area (Å²) < 4.78 is 43.8. The van der Waals surface area contributed by atoms with Crippen LogP contribution in [0.3, 0.4) is 0 Å². The summed E-state index contributed by atoms with van der Waals surface area (Å²) in [5.41, 5.74) is 0.